The van der Waals surface area contributed by atoms with Crippen molar-refractivity contribution in [1.82, 2.24) is 4.90 Å². The molecule has 20 heavy (non-hydrogen) atoms. The second-order valence-electron chi connectivity index (χ2n) is 4.87. The highest BCUT2D eigenvalue weighted by Gasteiger charge is 2.17. The number of benzene rings is 1. The Morgan fingerprint density at radius 1 is 1.15 bits per heavy atom. The van der Waals surface area contributed by atoms with E-state index in [2.05, 4.69) is 34.6 Å². The first-order valence-electron chi connectivity index (χ1n) is 7.13. The zero-order valence-corrected chi connectivity index (χ0v) is 13.0. The smallest absolute Gasteiger partial charge is 0.120 e. The van der Waals surface area contributed by atoms with Crippen LogP contribution in [-0.4, -0.2) is 63.7 Å². The van der Waals surface area contributed by atoms with Crippen LogP contribution in [0.4, 0.5) is 5.69 Å². The van der Waals surface area contributed by atoms with Gasteiger partial charge in [-0.15, -0.1) is 0 Å². The number of nitrogens with zero attached hydrogens (tertiary/aromatic N) is 2. The zero-order valence-electron chi connectivity index (χ0n) is 12.1. The van der Waals surface area contributed by atoms with Crippen molar-refractivity contribution >= 4 is 18.3 Å². The Morgan fingerprint density at radius 2 is 1.95 bits per heavy atom. The summed E-state index contributed by atoms with van der Waals surface area (Å²) in [5.41, 5.74) is 1.25. The Hall–Kier alpha value is -0.910. The fraction of sp³-hybridized carbons (Fsp3) is 0.600. The van der Waals surface area contributed by atoms with Gasteiger partial charge in [0, 0.05) is 50.2 Å². The molecule has 1 fully saturated rings. The number of ether oxygens (including phenoxy) is 2. The van der Waals surface area contributed by atoms with Crippen molar-refractivity contribution in [2.75, 3.05) is 63.7 Å². The van der Waals surface area contributed by atoms with E-state index < -0.39 is 0 Å². The van der Waals surface area contributed by atoms with Crippen LogP contribution in [0.5, 0.6) is 5.75 Å². The molecule has 1 aromatic rings. The van der Waals surface area contributed by atoms with E-state index in [9.17, 15) is 0 Å². The monoisotopic (exact) mass is 296 g/mol. The molecular formula is C15H24N2O2S. The van der Waals surface area contributed by atoms with Crippen LogP contribution in [0, 0.1) is 0 Å². The van der Waals surface area contributed by atoms with Crippen LogP contribution in [0.1, 0.15) is 0 Å². The van der Waals surface area contributed by atoms with E-state index >= 15 is 0 Å². The van der Waals surface area contributed by atoms with Crippen LogP contribution >= 0.6 is 12.6 Å². The maximum atomic E-state index is 5.48. The molecule has 4 nitrogen and oxygen atoms in total. The fourth-order valence-corrected chi connectivity index (χ4v) is 2.53. The highest BCUT2D eigenvalue weighted by atomic mass is 32.1. The maximum Gasteiger partial charge on any atom is 0.120 e. The van der Waals surface area contributed by atoms with E-state index in [-0.39, 0.29) is 0 Å². The summed E-state index contributed by atoms with van der Waals surface area (Å²) < 4.78 is 10.8. The van der Waals surface area contributed by atoms with E-state index in [0.29, 0.717) is 0 Å². The zero-order chi connectivity index (χ0) is 14.2. The molecule has 1 aromatic carbocycles. The van der Waals surface area contributed by atoms with Crippen LogP contribution in [0.15, 0.2) is 24.3 Å². The average molecular weight is 296 g/mol. The minimum Gasteiger partial charge on any atom is -0.497 e. The minimum atomic E-state index is 0.743. The molecule has 0 aromatic heterocycles. The lowest BCUT2D eigenvalue weighted by Crippen LogP contribution is -2.47. The van der Waals surface area contributed by atoms with Gasteiger partial charge in [0.15, 0.2) is 0 Å². The normalized spacial score (nSPS) is 16.4. The topological polar surface area (TPSA) is 24.9 Å². The Balaban J connectivity index is 1.76. The molecule has 1 aliphatic heterocycles. The molecule has 1 aliphatic rings. The number of anilines is 1. The first-order chi connectivity index (χ1) is 9.83. The average Bonchev–Trinajstić information content (AvgIpc) is 2.52. The van der Waals surface area contributed by atoms with Crippen molar-refractivity contribution in [2.24, 2.45) is 0 Å². The molecule has 0 bridgehead atoms. The first kappa shape index (κ1) is 15.5. The van der Waals surface area contributed by atoms with Crippen LogP contribution in [0.3, 0.4) is 0 Å². The van der Waals surface area contributed by atoms with E-state index in [1.54, 1.807) is 7.11 Å². The second kappa shape index (κ2) is 8.39. The molecule has 2 rings (SSSR count). The maximum absolute atomic E-state index is 5.48. The summed E-state index contributed by atoms with van der Waals surface area (Å²) in [5, 5.41) is 0. The summed E-state index contributed by atoms with van der Waals surface area (Å²) in [6.07, 6.45) is 0. The van der Waals surface area contributed by atoms with E-state index in [0.717, 1.165) is 57.4 Å². The molecule has 0 atom stereocenters. The van der Waals surface area contributed by atoms with Gasteiger partial charge >= 0.3 is 0 Å². The van der Waals surface area contributed by atoms with Crippen molar-refractivity contribution in [3.05, 3.63) is 24.3 Å². The van der Waals surface area contributed by atoms with Gasteiger partial charge in [-0.1, -0.05) is 6.07 Å². The van der Waals surface area contributed by atoms with Crippen molar-refractivity contribution in [3.8, 4) is 5.75 Å². The second-order valence-corrected chi connectivity index (χ2v) is 5.31. The molecule has 5 heteroatoms. The van der Waals surface area contributed by atoms with Crippen LogP contribution < -0.4 is 9.64 Å². The van der Waals surface area contributed by atoms with Crippen LogP contribution in [0.2, 0.25) is 0 Å². The molecule has 1 heterocycles. The van der Waals surface area contributed by atoms with Crippen molar-refractivity contribution in [1.29, 1.82) is 0 Å². The van der Waals surface area contributed by atoms with Gasteiger partial charge in [-0.3, -0.25) is 4.90 Å². The molecule has 0 radical (unpaired) electrons. The molecule has 112 valence electrons. The summed E-state index contributed by atoms with van der Waals surface area (Å²) in [5.74, 6) is 1.72. The number of piperazine rings is 1. The van der Waals surface area contributed by atoms with Gasteiger partial charge < -0.3 is 14.4 Å². The third-order valence-corrected chi connectivity index (χ3v) is 3.76. The largest absolute Gasteiger partial charge is 0.497 e. The number of hydrogen-bond acceptors (Lipinski definition) is 5. The number of methoxy groups -OCH3 is 1. The third-order valence-electron chi connectivity index (χ3n) is 3.58. The first-order valence-corrected chi connectivity index (χ1v) is 7.76. The van der Waals surface area contributed by atoms with Gasteiger partial charge in [0.1, 0.15) is 5.75 Å². The standard InChI is InChI=1S/C15H24N2O2S/c1-18-15-4-2-3-14(13-15)17-7-5-16(6-8-17)9-10-19-11-12-20/h2-4,13,20H,5-12H2,1H3. The Bertz CT molecular complexity index is 395. The molecule has 0 aliphatic carbocycles. The van der Waals surface area contributed by atoms with Crippen molar-refractivity contribution < 1.29 is 9.47 Å². The summed E-state index contributed by atoms with van der Waals surface area (Å²) in [7, 11) is 1.71. The lowest BCUT2D eigenvalue weighted by Gasteiger charge is -2.36. The Kier molecular flexibility index (Phi) is 6.50. The van der Waals surface area contributed by atoms with Crippen LogP contribution in [-0.2, 0) is 4.74 Å². The van der Waals surface area contributed by atoms with Gasteiger partial charge in [0.2, 0.25) is 0 Å². The Labute approximate surface area is 127 Å². The predicted molar refractivity (Wildman–Crippen MR) is 86.3 cm³/mol. The summed E-state index contributed by atoms with van der Waals surface area (Å²) >= 11 is 4.13. The Morgan fingerprint density at radius 3 is 2.65 bits per heavy atom. The molecular weight excluding hydrogens is 272 g/mol. The lowest BCUT2D eigenvalue weighted by atomic mass is 10.2. The molecule has 0 spiro atoms. The van der Waals surface area contributed by atoms with E-state index in [1.165, 1.54) is 5.69 Å². The molecule has 0 saturated carbocycles. The number of rotatable bonds is 7. The van der Waals surface area contributed by atoms with Crippen LogP contribution in [0.25, 0.3) is 0 Å². The summed E-state index contributed by atoms with van der Waals surface area (Å²) in [6, 6.07) is 8.28. The molecule has 0 amide bonds. The van der Waals surface area contributed by atoms with Crippen molar-refractivity contribution in [3.63, 3.8) is 0 Å². The number of thiol groups is 1. The predicted octanol–water partition coefficient (Wildman–Crippen LogP) is 1.76. The van der Waals surface area contributed by atoms with Gasteiger partial charge in [-0.2, -0.15) is 12.6 Å². The highest BCUT2D eigenvalue weighted by molar-refractivity contribution is 7.80. The van der Waals surface area contributed by atoms with Gasteiger partial charge in [-0.05, 0) is 12.1 Å². The molecule has 1 saturated heterocycles. The minimum absolute atomic E-state index is 0.743. The molecule has 0 unspecified atom stereocenters. The van der Waals surface area contributed by atoms with E-state index in [4.69, 9.17) is 9.47 Å². The van der Waals surface area contributed by atoms with Gasteiger partial charge in [0.05, 0.1) is 20.3 Å². The number of hydrogen-bond donors (Lipinski definition) is 1. The third kappa shape index (κ3) is 4.58. The van der Waals surface area contributed by atoms with Crippen molar-refractivity contribution in [2.45, 2.75) is 0 Å². The summed E-state index contributed by atoms with van der Waals surface area (Å²) in [4.78, 5) is 4.86. The van der Waals surface area contributed by atoms with Gasteiger partial charge in [-0.25, -0.2) is 0 Å². The van der Waals surface area contributed by atoms with E-state index in [1.807, 2.05) is 12.1 Å². The summed E-state index contributed by atoms with van der Waals surface area (Å²) in [6.45, 7) is 6.84. The quantitative estimate of drug-likeness (QED) is 0.612. The SMILES string of the molecule is COc1cccc(N2CCN(CCOCCS)CC2)c1. The molecule has 0 N–H and O–H groups in total. The lowest BCUT2D eigenvalue weighted by molar-refractivity contribution is 0.113. The fourth-order valence-electron chi connectivity index (χ4n) is 2.40. The van der Waals surface area contributed by atoms with Gasteiger partial charge in [0.25, 0.3) is 0 Å². The highest BCUT2D eigenvalue weighted by Crippen LogP contribution is 2.21.